The van der Waals surface area contributed by atoms with Crippen LogP contribution in [-0.2, 0) is 0 Å². The third kappa shape index (κ3) is 5.86. The summed E-state index contributed by atoms with van der Waals surface area (Å²) in [6.07, 6.45) is 3.38. The molecular formula is C14H31NO. The molecule has 0 aromatic carbocycles. The van der Waals surface area contributed by atoms with Gasteiger partial charge < -0.3 is 10.0 Å². The van der Waals surface area contributed by atoms with Crippen LogP contribution in [0.3, 0.4) is 0 Å². The Labute approximate surface area is 102 Å². The van der Waals surface area contributed by atoms with Gasteiger partial charge in [0.05, 0.1) is 6.10 Å². The molecule has 0 aliphatic rings. The predicted molar refractivity (Wildman–Crippen MR) is 71.6 cm³/mol. The third-order valence-corrected chi connectivity index (χ3v) is 3.86. The van der Waals surface area contributed by atoms with Crippen molar-refractivity contribution in [1.29, 1.82) is 0 Å². The van der Waals surface area contributed by atoms with E-state index in [1.54, 1.807) is 0 Å². The lowest BCUT2D eigenvalue weighted by Crippen LogP contribution is -2.38. The van der Waals surface area contributed by atoms with Crippen molar-refractivity contribution in [3.05, 3.63) is 0 Å². The minimum absolute atomic E-state index is 0.167. The van der Waals surface area contributed by atoms with E-state index in [-0.39, 0.29) is 6.10 Å². The second-order valence-corrected chi connectivity index (χ2v) is 4.99. The van der Waals surface area contributed by atoms with Crippen LogP contribution in [0.1, 0.15) is 53.9 Å². The Hall–Kier alpha value is -0.0800. The summed E-state index contributed by atoms with van der Waals surface area (Å²) >= 11 is 0. The average Bonchev–Trinajstić information content (AvgIpc) is 2.32. The maximum absolute atomic E-state index is 10.0. The Kier molecular flexibility index (Phi) is 8.96. The van der Waals surface area contributed by atoms with E-state index in [4.69, 9.17) is 0 Å². The standard InChI is InChI=1S/C14H31NO/c1-6-12(5)14(16)11-15(9-4)10-13(7-2)8-3/h12-14,16H,6-11H2,1-5H3. The molecule has 0 fully saturated rings. The van der Waals surface area contributed by atoms with Crippen LogP contribution in [0.5, 0.6) is 0 Å². The second-order valence-electron chi connectivity index (χ2n) is 4.99. The molecule has 0 rings (SSSR count). The minimum Gasteiger partial charge on any atom is -0.392 e. The number of nitrogens with zero attached hydrogens (tertiary/aromatic N) is 1. The number of hydrogen-bond acceptors (Lipinski definition) is 2. The molecule has 2 unspecified atom stereocenters. The summed E-state index contributed by atoms with van der Waals surface area (Å²) in [4.78, 5) is 2.40. The lowest BCUT2D eigenvalue weighted by Gasteiger charge is -2.29. The minimum atomic E-state index is -0.167. The highest BCUT2D eigenvalue weighted by Gasteiger charge is 2.17. The molecule has 0 bridgehead atoms. The number of aliphatic hydroxyl groups is 1. The lowest BCUT2D eigenvalue weighted by atomic mass is 9.99. The smallest absolute Gasteiger partial charge is 0.0692 e. The fraction of sp³-hybridized carbons (Fsp3) is 1.00. The molecule has 0 aliphatic carbocycles. The summed E-state index contributed by atoms with van der Waals surface area (Å²) in [5.74, 6) is 1.19. The van der Waals surface area contributed by atoms with Crippen LogP contribution in [0, 0.1) is 11.8 Å². The SMILES string of the molecule is CCC(CC)CN(CC)CC(O)C(C)CC. The monoisotopic (exact) mass is 229 g/mol. The van der Waals surface area contributed by atoms with E-state index < -0.39 is 0 Å². The normalized spacial score (nSPS) is 15.8. The lowest BCUT2D eigenvalue weighted by molar-refractivity contribution is 0.0637. The van der Waals surface area contributed by atoms with E-state index in [1.165, 1.54) is 12.8 Å². The summed E-state index contributed by atoms with van der Waals surface area (Å²) in [5.41, 5.74) is 0. The van der Waals surface area contributed by atoms with Gasteiger partial charge in [0.2, 0.25) is 0 Å². The topological polar surface area (TPSA) is 23.5 Å². The fourth-order valence-electron chi connectivity index (χ4n) is 1.96. The molecule has 0 saturated carbocycles. The van der Waals surface area contributed by atoms with Crippen LogP contribution in [0.2, 0.25) is 0 Å². The molecule has 0 heterocycles. The molecule has 0 aliphatic heterocycles. The van der Waals surface area contributed by atoms with Crippen molar-refractivity contribution in [2.75, 3.05) is 19.6 Å². The quantitative estimate of drug-likeness (QED) is 0.656. The van der Waals surface area contributed by atoms with Crippen molar-refractivity contribution < 1.29 is 5.11 Å². The predicted octanol–water partition coefficient (Wildman–Crippen LogP) is 3.15. The highest BCUT2D eigenvalue weighted by Crippen LogP contribution is 2.13. The maximum atomic E-state index is 10.0. The van der Waals surface area contributed by atoms with E-state index in [2.05, 4.69) is 39.5 Å². The molecule has 16 heavy (non-hydrogen) atoms. The molecule has 2 nitrogen and oxygen atoms in total. The van der Waals surface area contributed by atoms with E-state index in [0.29, 0.717) is 5.92 Å². The van der Waals surface area contributed by atoms with Crippen molar-refractivity contribution >= 4 is 0 Å². The van der Waals surface area contributed by atoms with Gasteiger partial charge in [-0.2, -0.15) is 0 Å². The second kappa shape index (κ2) is 9.00. The van der Waals surface area contributed by atoms with E-state index in [9.17, 15) is 5.11 Å². The molecule has 1 N–H and O–H groups in total. The van der Waals surface area contributed by atoms with Crippen molar-refractivity contribution in [1.82, 2.24) is 4.90 Å². The molecule has 2 atom stereocenters. The summed E-state index contributed by atoms with van der Waals surface area (Å²) in [6, 6.07) is 0. The van der Waals surface area contributed by atoms with Gasteiger partial charge >= 0.3 is 0 Å². The van der Waals surface area contributed by atoms with E-state index in [0.717, 1.165) is 32.0 Å². The Morgan fingerprint density at radius 3 is 1.88 bits per heavy atom. The zero-order valence-corrected chi connectivity index (χ0v) is 11.9. The summed E-state index contributed by atoms with van der Waals surface area (Å²) in [6.45, 7) is 14.0. The first kappa shape index (κ1) is 15.9. The molecular weight excluding hydrogens is 198 g/mol. The number of hydrogen-bond donors (Lipinski definition) is 1. The van der Waals surface area contributed by atoms with Crippen LogP contribution < -0.4 is 0 Å². The van der Waals surface area contributed by atoms with Gasteiger partial charge in [-0.1, -0.05) is 53.9 Å². The molecule has 0 aromatic rings. The highest BCUT2D eigenvalue weighted by molar-refractivity contribution is 4.70. The molecule has 0 amide bonds. The first-order valence-electron chi connectivity index (χ1n) is 6.99. The molecule has 98 valence electrons. The molecule has 2 heteroatoms. The Balaban J connectivity index is 4.08. The van der Waals surface area contributed by atoms with Gasteiger partial charge in [0.15, 0.2) is 0 Å². The molecule has 0 saturated heterocycles. The third-order valence-electron chi connectivity index (χ3n) is 3.86. The van der Waals surface area contributed by atoms with Gasteiger partial charge in [-0.15, -0.1) is 0 Å². The molecule has 0 spiro atoms. The van der Waals surface area contributed by atoms with Crippen molar-refractivity contribution in [2.45, 2.75) is 60.0 Å². The molecule has 0 aromatic heterocycles. The largest absolute Gasteiger partial charge is 0.392 e. The van der Waals surface area contributed by atoms with Crippen LogP contribution in [0.15, 0.2) is 0 Å². The van der Waals surface area contributed by atoms with Crippen molar-refractivity contribution in [3.8, 4) is 0 Å². The van der Waals surface area contributed by atoms with Gasteiger partial charge in [0.25, 0.3) is 0 Å². The zero-order valence-electron chi connectivity index (χ0n) is 11.9. The Morgan fingerprint density at radius 1 is 0.938 bits per heavy atom. The van der Waals surface area contributed by atoms with Gasteiger partial charge in [0, 0.05) is 13.1 Å². The van der Waals surface area contributed by atoms with E-state index in [1.807, 2.05) is 0 Å². The summed E-state index contributed by atoms with van der Waals surface area (Å²) < 4.78 is 0. The van der Waals surface area contributed by atoms with E-state index >= 15 is 0 Å². The number of aliphatic hydroxyl groups excluding tert-OH is 1. The Morgan fingerprint density at radius 2 is 1.50 bits per heavy atom. The van der Waals surface area contributed by atoms with Gasteiger partial charge in [-0.3, -0.25) is 0 Å². The molecule has 0 radical (unpaired) electrons. The van der Waals surface area contributed by atoms with Crippen LogP contribution in [0.25, 0.3) is 0 Å². The average molecular weight is 229 g/mol. The fourth-order valence-corrected chi connectivity index (χ4v) is 1.96. The zero-order chi connectivity index (χ0) is 12.6. The maximum Gasteiger partial charge on any atom is 0.0692 e. The number of likely N-dealkylation sites (N-methyl/N-ethyl adjacent to an activating group) is 1. The highest BCUT2D eigenvalue weighted by atomic mass is 16.3. The summed E-state index contributed by atoms with van der Waals surface area (Å²) in [5, 5.41) is 10.0. The van der Waals surface area contributed by atoms with Crippen molar-refractivity contribution in [3.63, 3.8) is 0 Å². The van der Waals surface area contributed by atoms with Gasteiger partial charge in [-0.25, -0.2) is 0 Å². The Bertz CT molecular complexity index is 157. The van der Waals surface area contributed by atoms with Gasteiger partial charge in [-0.05, 0) is 18.4 Å². The van der Waals surface area contributed by atoms with Gasteiger partial charge in [0.1, 0.15) is 0 Å². The first-order valence-corrected chi connectivity index (χ1v) is 6.99. The van der Waals surface area contributed by atoms with Crippen LogP contribution in [0.4, 0.5) is 0 Å². The first-order chi connectivity index (χ1) is 7.58. The van der Waals surface area contributed by atoms with Crippen molar-refractivity contribution in [2.24, 2.45) is 11.8 Å². The number of rotatable bonds is 9. The summed E-state index contributed by atoms with van der Waals surface area (Å²) in [7, 11) is 0. The van der Waals surface area contributed by atoms with Crippen LogP contribution in [-0.4, -0.2) is 35.7 Å². The van der Waals surface area contributed by atoms with Crippen LogP contribution >= 0.6 is 0 Å².